The van der Waals surface area contributed by atoms with Crippen molar-refractivity contribution in [1.29, 1.82) is 0 Å². The van der Waals surface area contributed by atoms with Gasteiger partial charge in [-0.3, -0.25) is 9.59 Å². The van der Waals surface area contributed by atoms with E-state index in [4.69, 9.17) is 9.47 Å². The van der Waals surface area contributed by atoms with E-state index >= 15 is 0 Å². The zero-order valence-electron chi connectivity index (χ0n) is 20.8. The van der Waals surface area contributed by atoms with Crippen LogP contribution in [0.15, 0.2) is 103 Å². The van der Waals surface area contributed by atoms with Crippen molar-refractivity contribution < 1.29 is 19.1 Å². The van der Waals surface area contributed by atoms with Gasteiger partial charge in [0.1, 0.15) is 16.5 Å². The lowest BCUT2D eigenvalue weighted by atomic mass is 10.0. The molecule has 4 aromatic carbocycles. The Labute approximate surface area is 224 Å². The molecule has 0 amide bonds. The number of ketones is 2. The molecule has 1 heterocycles. The highest BCUT2D eigenvalue weighted by molar-refractivity contribution is 7.17. The molecule has 6 rings (SSSR count). The Morgan fingerprint density at radius 2 is 1.16 bits per heavy atom. The number of methoxy groups -OCH3 is 2. The van der Waals surface area contributed by atoms with E-state index < -0.39 is 0 Å². The summed E-state index contributed by atoms with van der Waals surface area (Å²) in [4.78, 5) is 29.4. The minimum atomic E-state index is -0.229. The predicted molar refractivity (Wildman–Crippen MR) is 153 cm³/mol. The van der Waals surface area contributed by atoms with E-state index in [1.165, 1.54) is 11.3 Å². The first-order chi connectivity index (χ1) is 18.6. The van der Waals surface area contributed by atoms with Crippen molar-refractivity contribution in [3.05, 3.63) is 119 Å². The number of rotatable bonds is 6. The maximum atomic E-state index is 13.2. The number of hydrogen-bond acceptors (Lipinski definition) is 6. The number of hydrogen-bond donors (Lipinski definition) is 0. The molecule has 5 aromatic rings. The lowest BCUT2D eigenvalue weighted by molar-refractivity contribution is 0.0990. The van der Waals surface area contributed by atoms with Crippen molar-refractivity contribution in [2.75, 3.05) is 19.1 Å². The average Bonchev–Trinajstić information content (AvgIpc) is 3.51. The number of carbonyl (C=O) groups excluding carboxylic acids is 2. The summed E-state index contributed by atoms with van der Waals surface area (Å²) < 4.78 is 10.7. The Morgan fingerprint density at radius 3 is 1.63 bits per heavy atom. The fraction of sp³-hybridized carbons (Fsp3) is 0.0625. The number of allylic oxidation sites excluding steroid dienone is 1. The third-order valence-electron chi connectivity index (χ3n) is 6.65. The van der Waals surface area contributed by atoms with Crippen LogP contribution >= 0.6 is 11.3 Å². The van der Waals surface area contributed by atoms with E-state index in [1.807, 2.05) is 97.1 Å². The van der Waals surface area contributed by atoms with Crippen molar-refractivity contribution in [3.8, 4) is 11.5 Å². The fourth-order valence-corrected chi connectivity index (χ4v) is 5.68. The first-order valence-electron chi connectivity index (χ1n) is 12.1. The molecule has 0 aliphatic heterocycles. The summed E-state index contributed by atoms with van der Waals surface area (Å²) in [5, 5.41) is 2.83. The van der Waals surface area contributed by atoms with Crippen molar-refractivity contribution >= 4 is 56.1 Å². The molecule has 0 atom stereocenters. The van der Waals surface area contributed by atoms with E-state index in [-0.39, 0.29) is 17.1 Å². The van der Waals surface area contributed by atoms with Gasteiger partial charge in [-0.1, -0.05) is 24.3 Å². The summed E-state index contributed by atoms with van der Waals surface area (Å²) in [6, 6.07) is 31.0. The van der Waals surface area contributed by atoms with Crippen LogP contribution in [-0.4, -0.2) is 25.8 Å². The number of fused-ring (bicyclic) bond motifs is 2. The van der Waals surface area contributed by atoms with Crippen molar-refractivity contribution in [3.63, 3.8) is 0 Å². The maximum Gasteiger partial charge on any atom is 0.197 e. The molecule has 0 N–H and O–H groups in total. The van der Waals surface area contributed by atoms with Crippen LogP contribution in [0.3, 0.4) is 0 Å². The smallest absolute Gasteiger partial charge is 0.197 e. The van der Waals surface area contributed by atoms with Gasteiger partial charge in [0.05, 0.1) is 19.8 Å². The van der Waals surface area contributed by atoms with Gasteiger partial charge in [-0.2, -0.15) is 0 Å². The molecule has 1 aliphatic carbocycles. The normalized spacial score (nSPS) is 12.5. The van der Waals surface area contributed by atoms with Gasteiger partial charge in [0.2, 0.25) is 0 Å². The van der Waals surface area contributed by atoms with Crippen molar-refractivity contribution in [1.82, 2.24) is 0 Å². The van der Waals surface area contributed by atoms with Gasteiger partial charge < -0.3 is 14.4 Å². The SMILES string of the molecule is COc1ccc(N(c2ccc(OC)cc2)c2ccc(C=C3C(=O)c4cc5ccccc5cc4C3=O)s2)cc1. The molecular weight excluding hydrogens is 494 g/mol. The number of nitrogens with zero attached hydrogens (tertiary/aromatic N) is 1. The minimum Gasteiger partial charge on any atom is -0.497 e. The van der Waals surface area contributed by atoms with Crippen LogP contribution in [0, 0.1) is 0 Å². The molecule has 186 valence electrons. The molecule has 0 unspecified atom stereocenters. The summed E-state index contributed by atoms with van der Waals surface area (Å²) in [6.45, 7) is 0. The van der Waals surface area contributed by atoms with Crippen LogP contribution in [-0.2, 0) is 0 Å². The van der Waals surface area contributed by atoms with Crippen LogP contribution in [0.2, 0.25) is 0 Å². The third kappa shape index (κ3) is 4.15. The second-order valence-electron chi connectivity index (χ2n) is 8.87. The number of ether oxygens (including phenoxy) is 2. The van der Waals surface area contributed by atoms with Gasteiger partial charge in [0.15, 0.2) is 11.6 Å². The van der Waals surface area contributed by atoms with Gasteiger partial charge >= 0.3 is 0 Å². The van der Waals surface area contributed by atoms with Crippen LogP contribution in [0.4, 0.5) is 16.4 Å². The Balaban J connectivity index is 1.38. The number of Topliss-reactive ketones (excluding diaryl/α,β-unsaturated/α-hetero) is 2. The Kier molecular flexibility index (Phi) is 6.02. The first kappa shape index (κ1) is 23.7. The molecule has 5 nitrogen and oxygen atoms in total. The molecule has 1 aliphatic rings. The second kappa shape index (κ2) is 9.65. The van der Waals surface area contributed by atoms with E-state index in [0.717, 1.165) is 43.5 Å². The molecule has 0 saturated carbocycles. The summed E-state index contributed by atoms with van der Waals surface area (Å²) in [5.74, 6) is 1.08. The van der Waals surface area contributed by atoms with Gasteiger partial charge in [-0.15, -0.1) is 11.3 Å². The molecule has 0 spiro atoms. The van der Waals surface area contributed by atoms with Gasteiger partial charge in [0, 0.05) is 27.4 Å². The lowest BCUT2D eigenvalue weighted by Gasteiger charge is -2.24. The average molecular weight is 518 g/mol. The number of carbonyl (C=O) groups is 2. The van der Waals surface area contributed by atoms with Crippen LogP contribution < -0.4 is 14.4 Å². The molecule has 0 radical (unpaired) electrons. The van der Waals surface area contributed by atoms with Crippen LogP contribution in [0.1, 0.15) is 25.6 Å². The Hall–Kier alpha value is -4.68. The number of anilines is 3. The highest BCUT2D eigenvalue weighted by Gasteiger charge is 2.33. The standard InChI is InChI=1S/C32H23NO4S/c1-36-24-11-7-22(8-12-24)33(23-9-13-25(37-2)14-10-23)30-16-15-26(38-30)19-29-31(34)27-17-20-5-3-4-6-21(20)18-28(27)32(29)35/h3-19H,1-2H3. The van der Waals surface area contributed by atoms with Crippen molar-refractivity contribution in [2.24, 2.45) is 0 Å². The molecule has 0 bridgehead atoms. The summed E-state index contributed by atoms with van der Waals surface area (Å²) in [6.07, 6.45) is 1.71. The number of thiophene rings is 1. The largest absolute Gasteiger partial charge is 0.497 e. The van der Waals surface area contributed by atoms with E-state index in [0.29, 0.717) is 11.1 Å². The maximum absolute atomic E-state index is 13.2. The third-order valence-corrected chi connectivity index (χ3v) is 7.66. The van der Waals surface area contributed by atoms with Crippen molar-refractivity contribution in [2.45, 2.75) is 0 Å². The monoisotopic (exact) mass is 517 g/mol. The highest BCUT2D eigenvalue weighted by atomic mass is 32.1. The van der Waals surface area contributed by atoms with Gasteiger partial charge in [-0.25, -0.2) is 0 Å². The van der Waals surface area contributed by atoms with Gasteiger partial charge in [0.25, 0.3) is 0 Å². The fourth-order valence-electron chi connectivity index (χ4n) is 4.69. The van der Waals surface area contributed by atoms with E-state index in [2.05, 4.69) is 4.90 Å². The quantitative estimate of drug-likeness (QED) is 0.170. The summed E-state index contributed by atoms with van der Waals surface area (Å²) in [7, 11) is 3.28. The second-order valence-corrected chi connectivity index (χ2v) is 9.96. The van der Waals surface area contributed by atoms with E-state index in [9.17, 15) is 9.59 Å². The predicted octanol–water partition coefficient (Wildman–Crippen LogP) is 7.85. The first-order valence-corrected chi connectivity index (χ1v) is 12.9. The molecule has 1 aromatic heterocycles. The van der Waals surface area contributed by atoms with Crippen LogP contribution in [0.5, 0.6) is 11.5 Å². The molecule has 0 saturated heterocycles. The van der Waals surface area contributed by atoms with Gasteiger partial charge in [-0.05, 0) is 89.6 Å². The zero-order valence-corrected chi connectivity index (χ0v) is 21.6. The summed E-state index contributed by atoms with van der Waals surface area (Å²) >= 11 is 1.51. The van der Waals surface area contributed by atoms with E-state index in [1.54, 1.807) is 20.3 Å². The lowest BCUT2D eigenvalue weighted by Crippen LogP contribution is -2.08. The Bertz CT molecular complexity index is 1610. The molecule has 38 heavy (non-hydrogen) atoms. The molecule has 0 fully saturated rings. The number of benzene rings is 4. The van der Waals surface area contributed by atoms with Crippen LogP contribution in [0.25, 0.3) is 16.8 Å². The molecular formula is C32H23NO4S. The topological polar surface area (TPSA) is 55.8 Å². The minimum absolute atomic E-state index is 0.198. The summed E-state index contributed by atoms with van der Waals surface area (Å²) in [5.41, 5.74) is 3.03. The molecule has 6 heteroatoms. The zero-order chi connectivity index (χ0) is 26.2. The Morgan fingerprint density at radius 1 is 0.658 bits per heavy atom. The highest BCUT2D eigenvalue weighted by Crippen LogP contribution is 2.41.